The number of ketones is 1. The van der Waals surface area contributed by atoms with Crippen molar-refractivity contribution < 1.29 is 24.2 Å². The van der Waals surface area contributed by atoms with E-state index < -0.39 is 23.5 Å². The van der Waals surface area contributed by atoms with Crippen molar-refractivity contribution in [2.24, 2.45) is 0 Å². The molecule has 1 aliphatic heterocycles. The predicted octanol–water partition coefficient (Wildman–Crippen LogP) is 7.46. The lowest BCUT2D eigenvalue weighted by Gasteiger charge is -2.24. The van der Waals surface area contributed by atoms with Gasteiger partial charge >= 0.3 is 0 Å². The summed E-state index contributed by atoms with van der Waals surface area (Å²) in [6.07, 6.45) is 3.00. The second kappa shape index (κ2) is 13.9. The lowest BCUT2D eigenvalue weighted by atomic mass is 9.95. The number of thioether (sulfide) groups is 1. The van der Waals surface area contributed by atoms with Crippen LogP contribution in [0.5, 0.6) is 11.5 Å². The number of hydrogen-bond acceptors (Lipinski definition) is 9. The van der Waals surface area contributed by atoms with E-state index in [1.807, 2.05) is 68.4 Å². The van der Waals surface area contributed by atoms with Gasteiger partial charge in [0.15, 0.2) is 27.4 Å². The Morgan fingerprint density at radius 2 is 1.74 bits per heavy atom. The number of halogens is 1. The first-order chi connectivity index (χ1) is 20.9. The molecular formula is C32H28ClN3O5S2. The van der Waals surface area contributed by atoms with E-state index in [0.717, 1.165) is 11.1 Å². The van der Waals surface area contributed by atoms with Gasteiger partial charge in [0.1, 0.15) is 0 Å². The number of allylic oxidation sites excluding steroid dienone is 1. The Balaban J connectivity index is 1.51. The van der Waals surface area contributed by atoms with Crippen LogP contribution in [0.25, 0.3) is 6.08 Å². The SMILES string of the molecule is CCOc1ccc(C2C(C(=O)C=Cc3ccccc3)=C(O)C(=O)N2c2nnc(SCc3ccc(Cl)cc3)s2)cc1OCC. The number of anilines is 1. The lowest BCUT2D eigenvalue weighted by molar-refractivity contribution is -0.117. The second-order valence-corrected chi connectivity index (χ2v) is 11.9. The highest BCUT2D eigenvalue weighted by molar-refractivity contribution is 8.00. The van der Waals surface area contributed by atoms with Gasteiger partial charge in [0.2, 0.25) is 5.13 Å². The number of aliphatic hydroxyl groups excluding tert-OH is 1. The van der Waals surface area contributed by atoms with Crippen LogP contribution in [0.3, 0.4) is 0 Å². The number of carbonyl (C=O) groups excluding carboxylic acids is 2. The molecule has 11 heteroatoms. The van der Waals surface area contributed by atoms with Gasteiger partial charge in [-0.25, -0.2) is 0 Å². The van der Waals surface area contributed by atoms with Crippen LogP contribution < -0.4 is 14.4 Å². The predicted molar refractivity (Wildman–Crippen MR) is 170 cm³/mol. The molecule has 1 aromatic heterocycles. The molecule has 3 aromatic carbocycles. The molecule has 1 unspecified atom stereocenters. The fourth-order valence-corrected chi connectivity index (χ4v) is 6.47. The van der Waals surface area contributed by atoms with E-state index in [9.17, 15) is 14.7 Å². The summed E-state index contributed by atoms with van der Waals surface area (Å²) in [4.78, 5) is 28.5. The largest absolute Gasteiger partial charge is 0.503 e. The van der Waals surface area contributed by atoms with Crippen LogP contribution in [0.2, 0.25) is 5.02 Å². The number of rotatable bonds is 12. The van der Waals surface area contributed by atoms with Gasteiger partial charge < -0.3 is 14.6 Å². The molecule has 1 atom stereocenters. The van der Waals surface area contributed by atoms with Crippen LogP contribution in [0.1, 0.15) is 36.6 Å². The first-order valence-electron chi connectivity index (χ1n) is 13.5. The van der Waals surface area contributed by atoms with Gasteiger partial charge in [-0.1, -0.05) is 89.3 Å². The number of aromatic nitrogens is 2. The van der Waals surface area contributed by atoms with Crippen molar-refractivity contribution in [3.05, 3.63) is 112 Å². The van der Waals surface area contributed by atoms with E-state index >= 15 is 0 Å². The Bertz CT molecular complexity index is 1670. The molecular weight excluding hydrogens is 606 g/mol. The van der Waals surface area contributed by atoms with Gasteiger partial charge in [-0.2, -0.15) is 0 Å². The van der Waals surface area contributed by atoms with Gasteiger partial charge in [-0.05, 0) is 60.9 Å². The standard InChI is InChI=1S/C32H28ClN3O5S2/c1-3-40-25-17-13-22(18-26(25)41-4-2)28-27(24(37)16-12-20-8-6-5-7-9-20)29(38)30(39)36(28)31-34-35-32(43-31)42-19-21-10-14-23(33)15-11-21/h5-18,28,38H,3-4,19H2,1-2H3. The third kappa shape index (κ3) is 6.93. The average molecular weight is 634 g/mol. The summed E-state index contributed by atoms with van der Waals surface area (Å²) in [5, 5.41) is 20.6. The molecule has 0 saturated carbocycles. The molecule has 1 amide bonds. The van der Waals surface area contributed by atoms with Gasteiger partial charge in [0.25, 0.3) is 5.91 Å². The van der Waals surface area contributed by atoms with Crippen molar-refractivity contribution >= 4 is 57.6 Å². The summed E-state index contributed by atoms with van der Waals surface area (Å²) in [6.45, 7) is 4.54. The third-order valence-electron chi connectivity index (χ3n) is 6.46. The summed E-state index contributed by atoms with van der Waals surface area (Å²) in [7, 11) is 0. The van der Waals surface area contributed by atoms with E-state index in [1.165, 1.54) is 34.1 Å². The zero-order valence-electron chi connectivity index (χ0n) is 23.4. The maximum absolute atomic E-state index is 13.6. The molecule has 0 fully saturated rings. The maximum Gasteiger partial charge on any atom is 0.296 e. The number of benzene rings is 3. The topological polar surface area (TPSA) is 102 Å². The molecule has 5 rings (SSSR count). The van der Waals surface area contributed by atoms with E-state index in [1.54, 1.807) is 24.3 Å². The number of amides is 1. The van der Waals surface area contributed by atoms with Crippen LogP contribution in [0, 0.1) is 0 Å². The van der Waals surface area contributed by atoms with Crippen LogP contribution in [0.15, 0.2) is 94.5 Å². The fraction of sp³-hybridized carbons (Fsp3) is 0.188. The number of hydrogen-bond donors (Lipinski definition) is 1. The Kier molecular flexibility index (Phi) is 9.81. The molecule has 0 aliphatic carbocycles. The molecule has 0 bridgehead atoms. The Hall–Kier alpha value is -4.12. The quantitative estimate of drug-likeness (QED) is 0.0974. The smallest absolute Gasteiger partial charge is 0.296 e. The summed E-state index contributed by atoms with van der Waals surface area (Å²) >= 11 is 8.66. The minimum atomic E-state index is -0.975. The molecule has 4 aromatic rings. The molecule has 0 spiro atoms. The first kappa shape index (κ1) is 30.3. The zero-order valence-corrected chi connectivity index (χ0v) is 25.8. The highest BCUT2D eigenvalue weighted by Gasteiger charge is 2.45. The molecule has 1 aliphatic rings. The molecule has 220 valence electrons. The summed E-state index contributed by atoms with van der Waals surface area (Å²) in [6, 6.07) is 21.1. The summed E-state index contributed by atoms with van der Waals surface area (Å²) in [5.74, 6) is -0.258. The Morgan fingerprint density at radius 1 is 1.02 bits per heavy atom. The third-order valence-corrected chi connectivity index (χ3v) is 8.84. The van der Waals surface area contributed by atoms with Gasteiger partial charge in [-0.15, -0.1) is 10.2 Å². The number of aliphatic hydroxyl groups is 1. The van der Waals surface area contributed by atoms with E-state index in [-0.39, 0.29) is 10.7 Å². The molecule has 2 heterocycles. The summed E-state index contributed by atoms with van der Waals surface area (Å²) < 4.78 is 12.2. The zero-order chi connectivity index (χ0) is 30.3. The molecule has 0 radical (unpaired) electrons. The first-order valence-corrected chi connectivity index (χ1v) is 15.7. The van der Waals surface area contributed by atoms with Gasteiger partial charge in [0, 0.05) is 10.8 Å². The van der Waals surface area contributed by atoms with Crippen LogP contribution in [-0.2, 0) is 15.3 Å². The molecule has 1 N–H and O–H groups in total. The Morgan fingerprint density at radius 3 is 2.47 bits per heavy atom. The van der Waals surface area contributed by atoms with E-state index in [2.05, 4.69) is 10.2 Å². The van der Waals surface area contributed by atoms with Crippen molar-refractivity contribution in [3.8, 4) is 11.5 Å². The van der Waals surface area contributed by atoms with Crippen molar-refractivity contribution in [3.63, 3.8) is 0 Å². The summed E-state index contributed by atoms with van der Waals surface area (Å²) in [5.41, 5.74) is 2.34. The normalized spacial score (nSPS) is 15.0. The number of ether oxygens (including phenoxy) is 2. The molecule has 8 nitrogen and oxygen atoms in total. The van der Waals surface area contributed by atoms with Crippen molar-refractivity contribution in [2.45, 2.75) is 30.0 Å². The maximum atomic E-state index is 13.6. The van der Waals surface area contributed by atoms with E-state index in [0.29, 0.717) is 45.4 Å². The second-order valence-electron chi connectivity index (χ2n) is 9.29. The van der Waals surface area contributed by atoms with Crippen LogP contribution in [-0.4, -0.2) is 40.2 Å². The number of nitrogens with zero attached hydrogens (tertiary/aromatic N) is 3. The minimum Gasteiger partial charge on any atom is -0.503 e. The highest BCUT2D eigenvalue weighted by atomic mass is 35.5. The Labute approximate surface area is 262 Å². The van der Waals surface area contributed by atoms with Gasteiger partial charge in [-0.3, -0.25) is 14.5 Å². The monoisotopic (exact) mass is 633 g/mol. The van der Waals surface area contributed by atoms with Crippen molar-refractivity contribution in [1.82, 2.24) is 10.2 Å². The van der Waals surface area contributed by atoms with Crippen LogP contribution >= 0.6 is 34.7 Å². The number of carbonyl (C=O) groups is 2. The molecule has 43 heavy (non-hydrogen) atoms. The average Bonchev–Trinajstić information content (AvgIpc) is 3.59. The van der Waals surface area contributed by atoms with Crippen molar-refractivity contribution in [2.75, 3.05) is 18.1 Å². The fourth-order valence-electron chi connectivity index (χ4n) is 4.52. The molecule has 0 saturated heterocycles. The minimum absolute atomic E-state index is 0.0608. The van der Waals surface area contributed by atoms with Crippen LogP contribution in [0.4, 0.5) is 5.13 Å². The lowest BCUT2D eigenvalue weighted by Crippen LogP contribution is -2.31. The highest BCUT2D eigenvalue weighted by Crippen LogP contribution is 2.45. The van der Waals surface area contributed by atoms with Gasteiger partial charge in [0.05, 0.1) is 24.8 Å². The van der Waals surface area contributed by atoms with E-state index in [4.69, 9.17) is 21.1 Å². The van der Waals surface area contributed by atoms with Crippen molar-refractivity contribution in [1.29, 1.82) is 0 Å².